The molecule has 0 unspecified atom stereocenters. The van der Waals surface area contributed by atoms with Crippen LogP contribution >= 0.6 is 0 Å². The fourth-order valence-electron chi connectivity index (χ4n) is 3.66. The zero-order chi connectivity index (χ0) is 18.1. The van der Waals surface area contributed by atoms with E-state index in [9.17, 15) is 5.26 Å². The van der Waals surface area contributed by atoms with E-state index >= 15 is 0 Å². The van der Waals surface area contributed by atoms with Crippen LogP contribution in [0.25, 0.3) is 16.7 Å². The first kappa shape index (κ1) is 16.2. The van der Waals surface area contributed by atoms with Gasteiger partial charge in [-0.1, -0.05) is 49.4 Å². The number of anilines is 1. The number of aromatic nitrogens is 2. The number of hydrogen-bond acceptors (Lipinski definition) is 2. The highest BCUT2D eigenvalue weighted by atomic mass is 15.1. The van der Waals surface area contributed by atoms with Gasteiger partial charge in [-0.05, 0) is 36.6 Å². The number of fused-ring (bicyclic) bond motifs is 3. The highest BCUT2D eigenvalue weighted by molar-refractivity contribution is 5.78. The number of rotatable bonds is 4. The number of nitrogens with one attached hydrogen (secondary N) is 2. The number of pyridine rings is 1. The van der Waals surface area contributed by atoms with E-state index in [1.807, 2.05) is 31.2 Å². The number of aromatic amines is 1. The summed E-state index contributed by atoms with van der Waals surface area (Å²) in [5.74, 6) is 1.06. The van der Waals surface area contributed by atoms with Crippen LogP contribution in [0.1, 0.15) is 29.2 Å². The molecular weight excluding hydrogens is 320 g/mol. The fraction of sp³-hybridized carbons (Fsp3) is 0.182. The van der Waals surface area contributed by atoms with Crippen LogP contribution in [0.15, 0.2) is 54.6 Å². The minimum Gasteiger partial charge on any atom is -0.301 e. The van der Waals surface area contributed by atoms with E-state index in [4.69, 9.17) is 0 Å². The highest BCUT2D eigenvalue weighted by Crippen LogP contribution is 2.26. The Kier molecular flexibility index (Phi) is 4.06. The molecule has 4 rings (SSSR count). The third-order valence-electron chi connectivity index (χ3n) is 4.96. The van der Waals surface area contributed by atoms with Crippen LogP contribution in [-0.4, -0.2) is 4.98 Å². The molecule has 0 radical (unpaired) electrons. The summed E-state index contributed by atoms with van der Waals surface area (Å²) >= 11 is 0. The van der Waals surface area contributed by atoms with Gasteiger partial charge in [0.15, 0.2) is 0 Å². The molecule has 0 atom stereocenters. The predicted octanol–water partition coefficient (Wildman–Crippen LogP) is 4.26. The van der Waals surface area contributed by atoms with Crippen LogP contribution in [0.4, 0.5) is 5.82 Å². The second-order valence-electron chi connectivity index (χ2n) is 6.46. The van der Waals surface area contributed by atoms with Gasteiger partial charge < -0.3 is 5.32 Å². The highest BCUT2D eigenvalue weighted by Gasteiger charge is 2.24. The van der Waals surface area contributed by atoms with Gasteiger partial charge in [-0.25, -0.2) is 0 Å². The molecule has 0 aliphatic carbocycles. The van der Waals surface area contributed by atoms with E-state index in [0.717, 1.165) is 41.0 Å². The second kappa shape index (κ2) is 6.53. The van der Waals surface area contributed by atoms with Crippen LogP contribution in [0.5, 0.6) is 0 Å². The molecule has 128 valence electrons. The first-order valence-electron chi connectivity index (χ1n) is 8.90. The van der Waals surface area contributed by atoms with Crippen molar-refractivity contribution in [2.45, 2.75) is 26.8 Å². The molecule has 0 aliphatic heterocycles. The topological polar surface area (TPSA) is 55.7 Å². The van der Waals surface area contributed by atoms with Crippen molar-refractivity contribution < 1.29 is 4.40 Å². The lowest BCUT2D eigenvalue weighted by molar-refractivity contribution is -0.465. The monoisotopic (exact) mass is 341 g/mol. The van der Waals surface area contributed by atoms with Crippen molar-refractivity contribution in [2.75, 3.05) is 5.32 Å². The van der Waals surface area contributed by atoms with Crippen LogP contribution in [-0.2, 0) is 13.0 Å². The fourth-order valence-corrected chi connectivity index (χ4v) is 3.66. The van der Waals surface area contributed by atoms with E-state index in [1.165, 1.54) is 11.1 Å². The Morgan fingerprint density at radius 3 is 2.54 bits per heavy atom. The summed E-state index contributed by atoms with van der Waals surface area (Å²) in [5.41, 5.74) is 7.10. The molecule has 2 N–H and O–H groups in total. The Morgan fingerprint density at radius 2 is 1.81 bits per heavy atom. The minimum absolute atomic E-state index is 0.711. The Balaban J connectivity index is 1.98. The van der Waals surface area contributed by atoms with Gasteiger partial charge in [-0.3, -0.25) is 4.98 Å². The predicted molar refractivity (Wildman–Crippen MR) is 104 cm³/mol. The Morgan fingerprint density at radius 1 is 1.08 bits per heavy atom. The maximum absolute atomic E-state index is 9.76. The van der Waals surface area contributed by atoms with Gasteiger partial charge in [0.2, 0.25) is 11.5 Å². The maximum Gasteiger partial charge on any atom is 0.250 e. The molecule has 0 spiro atoms. The van der Waals surface area contributed by atoms with Crippen molar-refractivity contribution in [1.82, 2.24) is 4.98 Å². The van der Waals surface area contributed by atoms with Gasteiger partial charge in [0.25, 0.3) is 0 Å². The molecule has 2 heterocycles. The summed E-state index contributed by atoms with van der Waals surface area (Å²) in [5, 5.41) is 13.4. The Labute approximate surface area is 152 Å². The quantitative estimate of drug-likeness (QED) is 0.545. The average Bonchev–Trinajstić information content (AvgIpc) is 3.06. The number of hydrogen-bond donors (Lipinski definition) is 2. The van der Waals surface area contributed by atoms with E-state index in [1.54, 1.807) is 0 Å². The number of imidazole rings is 1. The zero-order valence-corrected chi connectivity index (χ0v) is 15.0. The van der Waals surface area contributed by atoms with Crippen LogP contribution < -0.4 is 9.72 Å². The summed E-state index contributed by atoms with van der Waals surface area (Å²) in [4.78, 5) is 3.43. The van der Waals surface area contributed by atoms with Crippen molar-refractivity contribution >= 4 is 22.5 Å². The average molecular weight is 341 g/mol. The number of benzene rings is 2. The molecule has 2 aromatic heterocycles. The standard InChI is InChI=1S/C22H20N4/c1-3-17-15(2)18(13-23)22-25-19-11-7-8-12-20(19)26(22)21(17)24-14-16-9-5-4-6-10-16/h4-12H,3,14H2,1-2H3,(H,24,25)/p+1. The summed E-state index contributed by atoms with van der Waals surface area (Å²) in [7, 11) is 0. The van der Waals surface area contributed by atoms with Gasteiger partial charge in [-0.2, -0.15) is 9.66 Å². The largest absolute Gasteiger partial charge is 0.301 e. The molecule has 0 saturated heterocycles. The van der Waals surface area contributed by atoms with Crippen LogP contribution in [0.2, 0.25) is 0 Å². The molecule has 0 saturated carbocycles. The Bertz CT molecular complexity index is 1130. The van der Waals surface area contributed by atoms with Gasteiger partial charge >= 0.3 is 0 Å². The van der Waals surface area contributed by atoms with E-state index in [2.05, 4.69) is 58.0 Å². The molecule has 2 aromatic carbocycles. The molecule has 0 bridgehead atoms. The summed E-state index contributed by atoms with van der Waals surface area (Å²) in [6, 6.07) is 20.9. The van der Waals surface area contributed by atoms with Crippen molar-refractivity contribution in [2.24, 2.45) is 0 Å². The normalized spacial score (nSPS) is 11.0. The summed E-state index contributed by atoms with van der Waals surface area (Å²) in [6.45, 7) is 4.91. The summed E-state index contributed by atoms with van der Waals surface area (Å²) < 4.78 is 2.16. The molecule has 0 fully saturated rings. The van der Waals surface area contributed by atoms with Gasteiger partial charge in [0.1, 0.15) is 22.7 Å². The van der Waals surface area contributed by atoms with Gasteiger partial charge in [0, 0.05) is 5.56 Å². The summed E-state index contributed by atoms with van der Waals surface area (Å²) in [6.07, 6.45) is 0.861. The lowest BCUT2D eigenvalue weighted by atomic mass is 10.0. The van der Waals surface area contributed by atoms with Crippen molar-refractivity contribution in [3.63, 3.8) is 0 Å². The third kappa shape index (κ3) is 2.49. The van der Waals surface area contributed by atoms with Gasteiger partial charge in [0.05, 0.1) is 6.54 Å². The van der Waals surface area contributed by atoms with Crippen LogP contribution in [0, 0.1) is 18.3 Å². The maximum atomic E-state index is 9.76. The number of nitrogens with zero attached hydrogens (tertiary/aromatic N) is 2. The van der Waals surface area contributed by atoms with Crippen molar-refractivity contribution in [3.8, 4) is 6.07 Å². The Hall–Kier alpha value is -3.32. The smallest absolute Gasteiger partial charge is 0.250 e. The van der Waals surface area contributed by atoms with Crippen molar-refractivity contribution in [1.29, 1.82) is 5.26 Å². The van der Waals surface area contributed by atoms with E-state index < -0.39 is 0 Å². The zero-order valence-electron chi connectivity index (χ0n) is 15.0. The molecule has 4 nitrogen and oxygen atoms in total. The molecule has 26 heavy (non-hydrogen) atoms. The van der Waals surface area contributed by atoms with Crippen molar-refractivity contribution in [3.05, 3.63) is 76.9 Å². The SMILES string of the molecule is CCc1c(C)c(C#N)c2[nH]c3ccccc3[n+]2c1NCc1ccccc1. The van der Waals surface area contributed by atoms with Crippen LogP contribution in [0.3, 0.4) is 0 Å². The third-order valence-corrected chi connectivity index (χ3v) is 4.96. The molecule has 0 amide bonds. The number of nitriles is 1. The van der Waals surface area contributed by atoms with Gasteiger partial charge in [-0.15, -0.1) is 0 Å². The molecular formula is C22H21N4+. The number of H-pyrrole nitrogens is 1. The van der Waals surface area contributed by atoms with E-state index in [-0.39, 0.29) is 0 Å². The van der Waals surface area contributed by atoms with E-state index in [0.29, 0.717) is 5.56 Å². The molecule has 4 heteroatoms. The molecule has 0 aliphatic rings. The minimum atomic E-state index is 0.711. The number of para-hydroxylation sites is 2. The lowest BCUT2D eigenvalue weighted by Crippen LogP contribution is -2.29. The first-order valence-corrected chi connectivity index (χ1v) is 8.90. The first-order chi connectivity index (χ1) is 12.7. The second-order valence-corrected chi connectivity index (χ2v) is 6.46. The lowest BCUT2D eigenvalue weighted by Gasteiger charge is -2.12. The molecule has 4 aromatic rings.